The number of thiophene rings is 1. The van der Waals surface area contributed by atoms with Crippen LogP contribution in [0.1, 0.15) is 31.1 Å². The Morgan fingerprint density at radius 3 is 2.68 bits per heavy atom. The molecule has 19 heavy (non-hydrogen) atoms. The van der Waals surface area contributed by atoms with Crippen LogP contribution in [-0.4, -0.2) is 35.0 Å². The molecule has 0 bridgehead atoms. The van der Waals surface area contributed by atoms with Gasteiger partial charge in [-0.05, 0) is 48.3 Å². The molecule has 1 saturated heterocycles. The van der Waals surface area contributed by atoms with E-state index in [1.807, 2.05) is 19.1 Å². The average molecular weight is 346 g/mol. The fourth-order valence-corrected chi connectivity index (χ4v) is 3.75. The van der Waals surface area contributed by atoms with Crippen LogP contribution in [0.4, 0.5) is 0 Å². The van der Waals surface area contributed by atoms with E-state index < -0.39 is 11.4 Å². The first-order valence-corrected chi connectivity index (χ1v) is 7.72. The summed E-state index contributed by atoms with van der Waals surface area (Å²) >= 11 is 4.93. The summed E-state index contributed by atoms with van der Waals surface area (Å²) in [5.41, 5.74) is -0.800. The molecule has 1 amide bonds. The Kier molecular flexibility index (Phi) is 4.01. The standard InChI is InChI=1S/C13H16BrNO3S/c1-8(9-3-4-10(14)19-9)11(16)15-6-5-13(2,7-15)12(17)18/h3-4,8H,5-7H2,1-2H3,(H,17,18)/t8-,13+/m0/s1. The Balaban J connectivity index is 2.07. The second-order valence-corrected chi connectivity index (χ2v) is 7.73. The highest BCUT2D eigenvalue weighted by molar-refractivity contribution is 9.11. The van der Waals surface area contributed by atoms with Gasteiger partial charge in [-0.1, -0.05) is 0 Å². The van der Waals surface area contributed by atoms with Gasteiger partial charge in [-0.3, -0.25) is 9.59 Å². The maximum atomic E-state index is 12.4. The van der Waals surface area contributed by atoms with E-state index in [0.717, 1.165) is 8.66 Å². The highest BCUT2D eigenvalue weighted by atomic mass is 79.9. The molecule has 1 N–H and O–H groups in total. The number of carboxylic acid groups (broad SMARTS) is 1. The van der Waals surface area contributed by atoms with Gasteiger partial charge in [-0.2, -0.15) is 0 Å². The van der Waals surface area contributed by atoms with Gasteiger partial charge in [0.15, 0.2) is 0 Å². The number of nitrogens with zero attached hydrogens (tertiary/aromatic N) is 1. The topological polar surface area (TPSA) is 57.6 Å². The molecule has 0 unspecified atom stereocenters. The summed E-state index contributed by atoms with van der Waals surface area (Å²) in [4.78, 5) is 26.3. The van der Waals surface area contributed by atoms with E-state index in [9.17, 15) is 14.7 Å². The van der Waals surface area contributed by atoms with Gasteiger partial charge < -0.3 is 10.0 Å². The fourth-order valence-electron chi connectivity index (χ4n) is 2.28. The molecule has 2 heterocycles. The number of carboxylic acids is 1. The highest BCUT2D eigenvalue weighted by Gasteiger charge is 2.43. The van der Waals surface area contributed by atoms with E-state index in [1.54, 1.807) is 23.2 Å². The molecule has 2 rings (SSSR count). The predicted molar refractivity (Wildman–Crippen MR) is 77.4 cm³/mol. The Bertz CT molecular complexity index is 516. The molecule has 0 spiro atoms. The van der Waals surface area contributed by atoms with E-state index in [4.69, 9.17) is 0 Å². The summed E-state index contributed by atoms with van der Waals surface area (Å²) in [5.74, 6) is -1.03. The smallest absolute Gasteiger partial charge is 0.311 e. The Labute approximate surface area is 124 Å². The minimum Gasteiger partial charge on any atom is -0.481 e. The first-order chi connectivity index (χ1) is 8.83. The number of carbonyl (C=O) groups excluding carboxylic acids is 1. The van der Waals surface area contributed by atoms with Crippen molar-refractivity contribution < 1.29 is 14.7 Å². The van der Waals surface area contributed by atoms with E-state index >= 15 is 0 Å². The molecule has 2 atom stereocenters. The third kappa shape index (κ3) is 2.84. The third-order valence-electron chi connectivity index (χ3n) is 3.69. The second kappa shape index (κ2) is 5.25. The molecule has 1 aliphatic heterocycles. The van der Waals surface area contributed by atoms with Gasteiger partial charge in [0.25, 0.3) is 0 Å². The largest absolute Gasteiger partial charge is 0.481 e. The molecule has 1 aromatic rings. The van der Waals surface area contributed by atoms with Gasteiger partial charge in [0.1, 0.15) is 0 Å². The fraction of sp³-hybridized carbons (Fsp3) is 0.538. The van der Waals surface area contributed by atoms with Crippen LogP contribution in [0.2, 0.25) is 0 Å². The van der Waals surface area contributed by atoms with Crippen LogP contribution < -0.4 is 0 Å². The van der Waals surface area contributed by atoms with E-state index in [-0.39, 0.29) is 11.8 Å². The van der Waals surface area contributed by atoms with Crippen LogP contribution in [0.15, 0.2) is 15.9 Å². The van der Waals surface area contributed by atoms with Crippen molar-refractivity contribution in [1.29, 1.82) is 0 Å². The number of rotatable bonds is 3. The average Bonchev–Trinajstić information content (AvgIpc) is 2.95. The SMILES string of the molecule is C[C@H](C(=O)N1CC[C@@](C)(C(=O)O)C1)c1ccc(Br)s1. The van der Waals surface area contributed by atoms with Crippen LogP contribution in [0.5, 0.6) is 0 Å². The van der Waals surface area contributed by atoms with Crippen molar-refractivity contribution in [1.82, 2.24) is 4.90 Å². The molecule has 0 aliphatic carbocycles. The lowest BCUT2D eigenvalue weighted by atomic mass is 9.90. The zero-order valence-electron chi connectivity index (χ0n) is 10.9. The Morgan fingerprint density at radius 2 is 2.21 bits per heavy atom. The van der Waals surface area contributed by atoms with Crippen LogP contribution >= 0.6 is 27.3 Å². The molecule has 1 aliphatic rings. The van der Waals surface area contributed by atoms with Gasteiger partial charge in [0.2, 0.25) is 5.91 Å². The Morgan fingerprint density at radius 1 is 1.53 bits per heavy atom. The quantitative estimate of drug-likeness (QED) is 0.916. The third-order valence-corrected chi connectivity index (χ3v) is 5.50. The maximum absolute atomic E-state index is 12.4. The number of hydrogen-bond donors (Lipinski definition) is 1. The number of likely N-dealkylation sites (tertiary alicyclic amines) is 1. The lowest BCUT2D eigenvalue weighted by Gasteiger charge is -2.22. The number of amides is 1. The lowest BCUT2D eigenvalue weighted by Crippen LogP contribution is -2.36. The normalized spacial score (nSPS) is 24.5. The molecular formula is C13H16BrNO3S. The molecule has 1 fully saturated rings. The van der Waals surface area contributed by atoms with Crippen molar-refractivity contribution >= 4 is 39.1 Å². The predicted octanol–water partition coefficient (Wildman–Crippen LogP) is 2.94. The maximum Gasteiger partial charge on any atom is 0.311 e. The van der Waals surface area contributed by atoms with Crippen LogP contribution in [0.25, 0.3) is 0 Å². The molecule has 4 nitrogen and oxygen atoms in total. The molecule has 6 heteroatoms. The summed E-state index contributed by atoms with van der Waals surface area (Å²) in [6, 6.07) is 3.86. The van der Waals surface area contributed by atoms with Crippen molar-refractivity contribution in [3.63, 3.8) is 0 Å². The van der Waals surface area contributed by atoms with Crippen molar-refractivity contribution in [3.05, 3.63) is 20.8 Å². The first-order valence-electron chi connectivity index (χ1n) is 6.11. The molecule has 0 aromatic carbocycles. The molecule has 1 aromatic heterocycles. The van der Waals surface area contributed by atoms with Crippen LogP contribution in [0.3, 0.4) is 0 Å². The van der Waals surface area contributed by atoms with Gasteiger partial charge in [-0.25, -0.2) is 0 Å². The molecule has 0 radical (unpaired) electrons. The van der Waals surface area contributed by atoms with Gasteiger partial charge in [0.05, 0.1) is 15.1 Å². The van der Waals surface area contributed by atoms with E-state index in [2.05, 4.69) is 15.9 Å². The van der Waals surface area contributed by atoms with Crippen molar-refractivity contribution in [2.24, 2.45) is 5.41 Å². The summed E-state index contributed by atoms with van der Waals surface area (Å²) in [5, 5.41) is 9.19. The minimum atomic E-state index is -0.825. The second-order valence-electron chi connectivity index (χ2n) is 5.24. The van der Waals surface area contributed by atoms with Crippen molar-refractivity contribution in [3.8, 4) is 0 Å². The molecule has 0 saturated carbocycles. The first kappa shape index (κ1) is 14.5. The highest BCUT2D eigenvalue weighted by Crippen LogP contribution is 2.34. The summed E-state index contributed by atoms with van der Waals surface area (Å²) < 4.78 is 0.999. The number of hydrogen-bond acceptors (Lipinski definition) is 3. The Hall–Kier alpha value is -0.880. The summed E-state index contributed by atoms with van der Waals surface area (Å²) in [7, 11) is 0. The number of aliphatic carboxylic acids is 1. The number of halogens is 1. The van der Waals surface area contributed by atoms with Crippen LogP contribution in [0, 0.1) is 5.41 Å². The van der Waals surface area contributed by atoms with E-state index in [1.165, 1.54) is 0 Å². The zero-order chi connectivity index (χ0) is 14.2. The van der Waals surface area contributed by atoms with Gasteiger partial charge in [0, 0.05) is 18.0 Å². The summed E-state index contributed by atoms with van der Waals surface area (Å²) in [6.45, 7) is 4.41. The zero-order valence-corrected chi connectivity index (χ0v) is 13.3. The lowest BCUT2D eigenvalue weighted by molar-refractivity contribution is -0.147. The van der Waals surface area contributed by atoms with E-state index in [0.29, 0.717) is 19.5 Å². The molecule has 104 valence electrons. The van der Waals surface area contributed by atoms with Gasteiger partial charge in [-0.15, -0.1) is 11.3 Å². The summed E-state index contributed by atoms with van der Waals surface area (Å²) in [6.07, 6.45) is 0.523. The molecular weight excluding hydrogens is 330 g/mol. The number of carbonyl (C=O) groups is 2. The van der Waals surface area contributed by atoms with Gasteiger partial charge >= 0.3 is 5.97 Å². The van der Waals surface area contributed by atoms with Crippen molar-refractivity contribution in [2.75, 3.05) is 13.1 Å². The minimum absolute atomic E-state index is 0.0133. The van der Waals surface area contributed by atoms with Crippen molar-refractivity contribution in [2.45, 2.75) is 26.2 Å². The van der Waals surface area contributed by atoms with Crippen LogP contribution in [-0.2, 0) is 9.59 Å². The monoisotopic (exact) mass is 345 g/mol.